The lowest BCUT2D eigenvalue weighted by molar-refractivity contribution is 0.809. The molecule has 0 N–H and O–H groups in total. The fraction of sp³-hybridized carbons (Fsp3) is 0.0714. The largest absolute Gasteiger partial charge is 0.347 e. The van der Waals surface area contributed by atoms with Crippen LogP contribution in [-0.2, 0) is 7.05 Å². The van der Waals surface area contributed by atoms with Crippen molar-refractivity contribution in [3.05, 3.63) is 51.9 Å². The number of fused-ring (bicyclic) bond motifs is 1. The van der Waals surface area contributed by atoms with Crippen molar-refractivity contribution < 1.29 is 0 Å². The van der Waals surface area contributed by atoms with Gasteiger partial charge in [-0.2, -0.15) is 10.2 Å². The van der Waals surface area contributed by atoms with Crippen LogP contribution in [0.2, 0.25) is 0 Å². The van der Waals surface area contributed by atoms with Crippen LogP contribution in [0, 0.1) is 11.3 Å². The van der Waals surface area contributed by atoms with E-state index in [1.165, 1.54) is 10.8 Å². The summed E-state index contributed by atoms with van der Waals surface area (Å²) in [6, 6.07) is 9.98. The van der Waals surface area contributed by atoms with E-state index < -0.39 is 0 Å². The number of rotatable bonds is 1. The van der Waals surface area contributed by atoms with Crippen LogP contribution in [0.1, 0.15) is 5.56 Å². The molecule has 0 atom stereocenters. The van der Waals surface area contributed by atoms with Gasteiger partial charge in [0.25, 0.3) is 0 Å². The molecule has 3 aromatic rings. The summed E-state index contributed by atoms with van der Waals surface area (Å²) in [5, 5.41) is 12.2. The first-order chi connectivity index (χ1) is 9.20. The molecule has 0 radical (unpaired) electrons. The van der Waals surface area contributed by atoms with Crippen molar-refractivity contribution in [3.63, 3.8) is 0 Å². The summed E-state index contributed by atoms with van der Waals surface area (Å²) in [4.78, 5) is 15.7. The summed E-state index contributed by atoms with van der Waals surface area (Å²) in [5.41, 5.74) is 1.35. The van der Waals surface area contributed by atoms with Gasteiger partial charge in [-0.1, -0.05) is 18.2 Å². The molecule has 0 saturated heterocycles. The molecule has 0 bridgehead atoms. The second-order valence-electron chi connectivity index (χ2n) is 4.15. The van der Waals surface area contributed by atoms with E-state index >= 15 is 0 Å². The Bertz CT molecular complexity index is 870. The van der Waals surface area contributed by atoms with E-state index in [4.69, 9.17) is 0 Å². The summed E-state index contributed by atoms with van der Waals surface area (Å²) in [6.07, 6.45) is 1.52. The van der Waals surface area contributed by atoms with Crippen molar-refractivity contribution in [3.8, 4) is 17.3 Å². The van der Waals surface area contributed by atoms with Crippen LogP contribution in [0.3, 0.4) is 0 Å². The number of thiophene rings is 1. The smallest absolute Gasteiger partial charge is 0.301 e. The second-order valence-corrected chi connectivity index (χ2v) is 5.07. The number of benzene rings is 1. The molecule has 0 aliphatic rings. The molecule has 0 aliphatic heterocycles. The molecule has 19 heavy (non-hydrogen) atoms. The summed E-state index contributed by atoms with van der Waals surface area (Å²) < 4.78 is 2.43. The zero-order valence-electron chi connectivity index (χ0n) is 10.1. The van der Waals surface area contributed by atoms with E-state index in [0.717, 1.165) is 15.6 Å². The SMILES string of the molecule is Cn1cc(C#N)c(-c2csc3ccccc23)nc1=O. The molecule has 0 aliphatic carbocycles. The quantitative estimate of drug-likeness (QED) is 0.680. The van der Waals surface area contributed by atoms with Crippen LogP contribution in [0.5, 0.6) is 0 Å². The van der Waals surface area contributed by atoms with Gasteiger partial charge in [0, 0.05) is 34.3 Å². The van der Waals surface area contributed by atoms with Crippen molar-refractivity contribution in [1.82, 2.24) is 9.55 Å². The molecular formula is C14H9N3OS. The predicted molar refractivity (Wildman–Crippen MR) is 75.0 cm³/mol. The maximum Gasteiger partial charge on any atom is 0.347 e. The molecule has 5 heteroatoms. The predicted octanol–water partition coefficient (Wildman–Crippen LogP) is 2.53. The normalized spacial score (nSPS) is 10.5. The lowest BCUT2D eigenvalue weighted by Gasteiger charge is -2.03. The van der Waals surface area contributed by atoms with E-state index in [9.17, 15) is 10.1 Å². The highest BCUT2D eigenvalue weighted by Crippen LogP contribution is 2.33. The fourth-order valence-corrected chi connectivity index (χ4v) is 2.94. The standard InChI is InChI=1S/C14H9N3OS/c1-17-7-9(6-15)13(16-14(17)18)11-8-19-12-5-3-2-4-10(11)12/h2-5,7-8H,1H3. The zero-order chi connectivity index (χ0) is 13.4. The van der Waals surface area contributed by atoms with Crippen molar-refractivity contribution in [1.29, 1.82) is 5.26 Å². The Hall–Kier alpha value is -2.45. The van der Waals surface area contributed by atoms with Gasteiger partial charge in [-0.15, -0.1) is 11.3 Å². The average molecular weight is 267 g/mol. The number of hydrogen-bond donors (Lipinski definition) is 0. The van der Waals surface area contributed by atoms with Gasteiger partial charge in [-0.05, 0) is 6.07 Å². The first kappa shape index (κ1) is 11.6. The Labute approximate surface area is 113 Å². The molecular weight excluding hydrogens is 258 g/mol. The van der Waals surface area contributed by atoms with E-state index in [-0.39, 0.29) is 5.69 Å². The van der Waals surface area contributed by atoms with Crippen molar-refractivity contribution in [2.45, 2.75) is 0 Å². The molecule has 2 heterocycles. The third-order valence-electron chi connectivity index (χ3n) is 2.94. The number of nitrogens with zero attached hydrogens (tertiary/aromatic N) is 3. The minimum atomic E-state index is -0.357. The van der Waals surface area contributed by atoms with Crippen LogP contribution in [0.25, 0.3) is 21.3 Å². The lowest BCUT2D eigenvalue weighted by Crippen LogP contribution is -2.20. The van der Waals surface area contributed by atoms with E-state index in [1.54, 1.807) is 18.4 Å². The molecule has 4 nitrogen and oxygen atoms in total. The van der Waals surface area contributed by atoms with Crippen LogP contribution < -0.4 is 5.69 Å². The van der Waals surface area contributed by atoms with Crippen LogP contribution in [0.4, 0.5) is 0 Å². The van der Waals surface area contributed by atoms with Gasteiger partial charge in [0.05, 0.1) is 11.3 Å². The summed E-state index contributed by atoms with van der Waals surface area (Å²) in [5.74, 6) is 0. The lowest BCUT2D eigenvalue weighted by atomic mass is 10.1. The van der Waals surface area contributed by atoms with Gasteiger partial charge >= 0.3 is 5.69 Å². The van der Waals surface area contributed by atoms with Crippen LogP contribution >= 0.6 is 11.3 Å². The third-order valence-corrected chi connectivity index (χ3v) is 3.91. The van der Waals surface area contributed by atoms with Gasteiger partial charge in [-0.3, -0.25) is 0 Å². The minimum Gasteiger partial charge on any atom is -0.301 e. The van der Waals surface area contributed by atoms with Crippen LogP contribution in [0.15, 0.2) is 40.6 Å². The average Bonchev–Trinajstić information content (AvgIpc) is 2.85. The number of aryl methyl sites for hydroxylation is 1. The number of aromatic nitrogens is 2. The van der Waals surface area contributed by atoms with Gasteiger partial charge in [0.2, 0.25) is 0 Å². The first-order valence-corrected chi connectivity index (χ1v) is 6.53. The van der Waals surface area contributed by atoms with Gasteiger partial charge in [0.15, 0.2) is 0 Å². The van der Waals surface area contributed by atoms with Crippen molar-refractivity contribution >= 4 is 21.4 Å². The van der Waals surface area contributed by atoms with Crippen molar-refractivity contribution in [2.75, 3.05) is 0 Å². The maximum atomic E-state index is 11.7. The number of nitriles is 1. The Kier molecular flexibility index (Phi) is 2.65. The summed E-state index contributed by atoms with van der Waals surface area (Å²) in [6.45, 7) is 0. The van der Waals surface area contributed by atoms with E-state index in [1.807, 2.05) is 29.6 Å². The highest BCUT2D eigenvalue weighted by molar-refractivity contribution is 7.17. The molecule has 0 unspecified atom stereocenters. The Balaban J connectivity index is 2.36. The molecule has 0 amide bonds. The third kappa shape index (κ3) is 1.83. The molecule has 2 aromatic heterocycles. The monoisotopic (exact) mass is 267 g/mol. The minimum absolute atomic E-state index is 0.357. The Morgan fingerprint density at radius 1 is 1.37 bits per heavy atom. The summed E-state index contributed by atoms with van der Waals surface area (Å²) >= 11 is 1.58. The molecule has 0 saturated carbocycles. The molecule has 92 valence electrons. The van der Waals surface area contributed by atoms with Gasteiger partial charge in [-0.25, -0.2) is 4.79 Å². The van der Waals surface area contributed by atoms with E-state index in [0.29, 0.717) is 11.3 Å². The topological polar surface area (TPSA) is 58.7 Å². The van der Waals surface area contributed by atoms with Crippen LogP contribution in [-0.4, -0.2) is 9.55 Å². The fourth-order valence-electron chi connectivity index (χ4n) is 1.99. The van der Waals surface area contributed by atoms with Gasteiger partial charge in [0.1, 0.15) is 6.07 Å². The van der Waals surface area contributed by atoms with Crippen molar-refractivity contribution in [2.24, 2.45) is 7.05 Å². The first-order valence-electron chi connectivity index (χ1n) is 5.65. The molecule has 0 fully saturated rings. The number of hydrogen-bond acceptors (Lipinski definition) is 4. The highest BCUT2D eigenvalue weighted by atomic mass is 32.1. The molecule has 0 spiro atoms. The van der Waals surface area contributed by atoms with Gasteiger partial charge < -0.3 is 4.57 Å². The molecule has 1 aromatic carbocycles. The maximum absolute atomic E-state index is 11.7. The Morgan fingerprint density at radius 3 is 2.95 bits per heavy atom. The van der Waals surface area contributed by atoms with E-state index in [2.05, 4.69) is 11.1 Å². The second kappa shape index (κ2) is 4.34. The summed E-state index contributed by atoms with van der Waals surface area (Å²) in [7, 11) is 1.59. The molecule has 3 rings (SSSR count). The zero-order valence-corrected chi connectivity index (χ0v) is 10.9. The Morgan fingerprint density at radius 2 is 2.16 bits per heavy atom. The highest BCUT2D eigenvalue weighted by Gasteiger charge is 2.13.